The fourth-order valence-electron chi connectivity index (χ4n) is 3.28. The number of carbonyl (C=O) groups is 2. The molecule has 0 aliphatic rings. The Morgan fingerprint density at radius 3 is 2.15 bits per heavy atom. The molecule has 2 aromatic carbocycles. The van der Waals surface area contributed by atoms with Gasteiger partial charge in [-0.1, -0.05) is 48.5 Å². The Morgan fingerprint density at radius 2 is 1.55 bits per heavy atom. The lowest BCUT2D eigenvalue weighted by atomic mass is 10.0. The van der Waals surface area contributed by atoms with Crippen molar-refractivity contribution in [3.63, 3.8) is 0 Å². The third-order valence-electron chi connectivity index (χ3n) is 5.00. The van der Waals surface area contributed by atoms with Gasteiger partial charge in [0.1, 0.15) is 0 Å². The van der Waals surface area contributed by atoms with Crippen molar-refractivity contribution in [2.45, 2.75) is 43.5 Å². The average molecular weight is 470 g/mol. The second-order valence-corrected chi connectivity index (χ2v) is 10.5. The molecule has 1 amide bonds. The monoisotopic (exact) mass is 469 g/mol. The molecule has 0 aliphatic heterocycles. The van der Waals surface area contributed by atoms with Gasteiger partial charge in [-0.2, -0.15) is 0 Å². The molecule has 0 bridgehead atoms. The molecule has 33 heavy (non-hydrogen) atoms. The zero-order chi connectivity index (χ0) is 24.1. The first-order valence-corrected chi connectivity index (χ1v) is 12.1. The van der Waals surface area contributed by atoms with Crippen molar-refractivity contribution in [3.05, 3.63) is 89.9 Å². The number of rotatable bonds is 8. The van der Waals surface area contributed by atoms with Crippen molar-refractivity contribution >= 4 is 21.7 Å². The maximum absolute atomic E-state index is 12.9. The molecule has 0 N–H and O–H groups in total. The zero-order valence-corrected chi connectivity index (χ0v) is 19.7. The highest BCUT2D eigenvalue weighted by molar-refractivity contribution is 7.90. The highest BCUT2D eigenvalue weighted by atomic mass is 32.2. The van der Waals surface area contributed by atoms with Gasteiger partial charge in [0.15, 0.2) is 16.4 Å². The number of benzene rings is 2. The molecule has 0 aliphatic carbocycles. The van der Waals surface area contributed by atoms with E-state index in [4.69, 9.17) is 9.15 Å². The van der Waals surface area contributed by atoms with E-state index in [1.807, 2.05) is 51.1 Å². The summed E-state index contributed by atoms with van der Waals surface area (Å²) in [6.07, 6.45) is 1.23. The minimum Gasteiger partial charge on any atom is -0.457 e. The summed E-state index contributed by atoms with van der Waals surface area (Å²) in [6, 6.07) is 18.9. The second kappa shape index (κ2) is 10.0. The Morgan fingerprint density at radius 1 is 0.939 bits per heavy atom. The molecule has 0 saturated carbocycles. The van der Waals surface area contributed by atoms with E-state index >= 15 is 0 Å². The number of sulfone groups is 1. The Kier molecular flexibility index (Phi) is 7.38. The van der Waals surface area contributed by atoms with E-state index in [1.54, 1.807) is 23.1 Å². The molecular formula is C25H27NO6S. The number of hydrogen-bond donors (Lipinski definition) is 0. The van der Waals surface area contributed by atoms with Gasteiger partial charge in [-0.3, -0.25) is 4.79 Å². The van der Waals surface area contributed by atoms with Crippen molar-refractivity contribution in [3.8, 4) is 0 Å². The van der Waals surface area contributed by atoms with Crippen LogP contribution in [0.1, 0.15) is 42.5 Å². The van der Waals surface area contributed by atoms with Gasteiger partial charge in [0, 0.05) is 17.6 Å². The minimum absolute atomic E-state index is 0.141. The lowest BCUT2D eigenvalue weighted by Gasteiger charge is -2.35. The van der Waals surface area contributed by atoms with Gasteiger partial charge in [-0.25, -0.2) is 13.2 Å². The zero-order valence-electron chi connectivity index (χ0n) is 18.9. The summed E-state index contributed by atoms with van der Waals surface area (Å²) in [5.74, 6) is -1.91. The van der Waals surface area contributed by atoms with Gasteiger partial charge in [0.25, 0.3) is 5.91 Å². The fraction of sp³-hybridized carbons (Fsp3) is 0.280. The first-order chi connectivity index (χ1) is 15.6. The summed E-state index contributed by atoms with van der Waals surface area (Å²) in [7, 11) is -3.68. The number of amides is 1. The molecule has 0 spiro atoms. The van der Waals surface area contributed by atoms with E-state index in [-0.39, 0.29) is 22.1 Å². The van der Waals surface area contributed by atoms with Crippen LogP contribution >= 0.6 is 0 Å². The van der Waals surface area contributed by atoms with Crippen LogP contribution in [-0.4, -0.2) is 37.3 Å². The van der Waals surface area contributed by atoms with Crippen LogP contribution in [-0.2, 0) is 31.7 Å². The Bertz CT molecular complexity index is 1190. The summed E-state index contributed by atoms with van der Waals surface area (Å²) in [5.41, 5.74) is 0.624. The molecular weight excluding hydrogens is 442 g/mol. The number of nitrogens with zero attached hydrogens (tertiary/aromatic N) is 1. The largest absolute Gasteiger partial charge is 0.457 e. The predicted octanol–water partition coefficient (Wildman–Crippen LogP) is 4.24. The second-order valence-electron chi connectivity index (χ2n) is 8.56. The van der Waals surface area contributed by atoms with E-state index in [9.17, 15) is 18.0 Å². The Labute approximate surface area is 193 Å². The number of carbonyl (C=O) groups excluding carboxylic acids is 2. The molecule has 174 valence electrons. The van der Waals surface area contributed by atoms with Crippen molar-refractivity contribution in [2.24, 2.45) is 0 Å². The molecule has 0 radical (unpaired) electrons. The number of esters is 1. The van der Waals surface area contributed by atoms with E-state index in [0.29, 0.717) is 6.54 Å². The summed E-state index contributed by atoms with van der Waals surface area (Å²) in [4.78, 5) is 27.3. The van der Waals surface area contributed by atoms with Gasteiger partial charge < -0.3 is 14.1 Å². The van der Waals surface area contributed by atoms with E-state index in [2.05, 4.69) is 0 Å². The summed E-state index contributed by atoms with van der Waals surface area (Å²) >= 11 is 0. The molecule has 0 saturated heterocycles. The standard InChI is InChI=1S/C25H27NO6S/c1-25(2,3)26(16-19-10-6-4-7-11-19)22(27)17-32-24(28)23-20(14-15-31-23)18-33(29,30)21-12-8-5-9-13-21/h4-15H,16-18H2,1-3H3. The Balaban J connectivity index is 1.68. The van der Waals surface area contributed by atoms with Crippen molar-refractivity contribution < 1.29 is 27.2 Å². The molecule has 8 heteroatoms. The van der Waals surface area contributed by atoms with Crippen LogP contribution in [0.2, 0.25) is 0 Å². The van der Waals surface area contributed by atoms with E-state index in [1.165, 1.54) is 24.5 Å². The van der Waals surface area contributed by atoms with E-state index < -0.39 is 33.7 Å². The average Bonchev–Trinajstić information content (AvgIpc) is 3.23. The third-order valence-corrected chi connectivity index (χ3v) is 6.68. The van der Waals surface area contributed by atoms with Gasteiger partial charge in [-0.15, -0.1) is 0 Å². The molecule has 0 fully saturated rings. The topological polar surface area (TPSA) is 93.9 Å². The van der Waals surface area contributed by atoms with Crippen LogP contribution in [0.3, 0.4) is 0 Å². The fourth-order valence-corrected chi connectivity index (χ4v) is 4.66. The van der Waals surface area contributed by atoms with Gasteiger partial charge in [0.2, 0.25) is 5.76 Å². The SMILES string of the molecule is CC(C)(C)N(Cc1ccccc1)C(=O)COC(=O)c1occc1CS(=O)(=O)c1ccccc1. The smallest absolute Gasteiger partial charge is 0.375 e. The molecule has 3 aromatic rings. The molecule has 0 unspecified atom stereocenters. The number of hydrogen-bond acceptors (Lipinski definition) is 6. The van der Waals surface area contributed by atoms with Crippen LogP contribution in [0.4, 0.5) is 0 Å². The lowest BCUT2D eigenvalue weighted by Crippen LogP contribution is -2.46. The van der Waals surface area contributed by atoms with Crippen LogP contribution in [0, 0.1) is 0 Å². The summed E-state index contributed by atoms with van der Waals surface area (Å²) in [6.45, 7) is 5.56. The van der Waals surface area contributed by atoms with Crippen LogP contribution in [0.25, 0.3) is 0 Å². The molecule has 7 nitrogen and oxygen atoms in total. The van der Waals surface area contributed by atoms with Crippen LogP contribution in [0.15, 0.2) is 82.3 Å². The number of furan rings is 1. The highest BCUT2D eigenvalue weighted by Crippen LogP contribution is 2.21. The van der Waals surface area contributed by atoms with Crippen molar-refractivity contribution in [1.82, 2.24) is 4.90 Å². The summed E-state index contributed by atoms with van der Waals surface area (Å²) < 4.78 is 35.7. The molecule has 3 rings (SSSR count). The van der Waals surface area contributed by atoms with Gasteiger partial charge in [0.05, 0.1) is 16.9 Å². The van der Waals surface area contributed by atoms with Crippen molar-refractivity contribution in [2.75, 3.05) is 6.61 Å². The first-order valence-electron chi connectivity index (χ1n) is 10.4. The number of ether oxygens (including phenoxy) is 1. The summed E-state index contributed by atoms with van der Waals surface area (Å²) in [5, 5.41) is 0. The van der Waals surface area contributed by atoms with Crippen molar-refractivity contribution in [1.29, 1.82) is 0 Å². The van der Waals surface area contributed by atoms with E-state index in [0.717, 1.165) is 5.56 Å². The van der Waals surface area contributed by atoms with Crippen LogP contribution in [0.5, 0.6) is 0 Å². The van der Waals surface area contributed by atoms with Gasteiger partial charge >= 0.3 is 5.97 Å². The predicted molar refractivity (Wildman–Crippen MR) is 123 cm³/mol. The van der Waals surface area contributed by atoms with Gasteiger partial charge in [-0.05, 0) is 44.5 Å². The molecule has 1 heterocycles. The minimum atomic E-state index is -3.68. The quantitative estimate of drug-likeness (QED) is 0.458. The third kappa shape index (κ3) is 6.32. The normalized spacial score (nSPS) is 11.7. The first kappa shape index (κ1) is 24.3. The molecule has 1 aromatic heterocycles. The molecule has 0 atom stereocenters. The maximum atomic E-state index is 12.9. The Hall–Kier alpha value is -3.39. The van der Waals surface area contributed by atoms with Crippen LogP contribution < -0.4 is 0 Å². The lowest BCUT2D eigenvalue weighted by molar-refractivity contribution is -0.140. The highest BCUT2D eigenvalue weighted by Gasteiger charge is 2.29. The maximum Gasteiger partial charge on any atom is 0.375 e.